The van der Waals surface area contributed by atoms with E-state index in [-0.39, 0.29) is 25.6 Å². The quantitative estimate of drug-likeness (QED) is 0.371. The summed E-state index contributed by atoms with van der Waals surface area (Å²) in [5.74, 6) is -0.876. The normalized spacial score (nSPS) is 19.4. The van der Waals surface area contributed by atoms with Gasteiger partial charge in [-0.05, 0) is 13.3 Å². The molecule has 1 N–H and O–H groups in total. The van der Waals surface area contributed by atoms with Crippen LogP contribution in [0.4, 0.5) is 0 Å². The van der Waals surface area contributed by atoms with Gasteiger partial charge in [0.1, 0.15) is 0 Å². The van der Waals surface area contributed by atoms with E-state index in [0.717, 1.165) is 0 Å². The molecule has 2 unspecified atom stereocenters. The molecule has 1 fully saturated rings. The van der Waals surface area contributed by atoms with Gasteiger partial charge in [0.25, 0.3) is 11.8 Å². The van der Waals surface area contributed by atoms with Crippen LogP contribution in [0.5, 0.6) is 0 Å². The number of aliphatic hydroxyl groups is 1. The molecule has 1 saturated heterocycles. The van der Waals surface area contributed by atoms with Crippen molar-refractivity contribution in [3.63, 3.8) is 0 Å². The second-order valence-corrected chi connectivity index (χ2v) is 4.05. The molecule has 1 aliphatic rings. The Hall–Kier alpha value is -1.02. The van der Waals surface area contributed by atoms with Crippen LogP contribution >= 0.6 is 0 Å². The Balaban J connectivity index is 2.15. The van der Waals surface area contributed by atoms with Crippen molar-refractivity contribution in [1.82, 2.24) is 5.06 Å². The standard InChI is InChI=1S/C11H19NO6/c1-8(16-2)5-6-17-7-11(15)18-12-9(13)3-4-10(12)14/h8,11,15H,3-7H2,1-2H3. The molecule has 0 saturated carbocycles. The lowest BCUT2D eigenvalue weighted by Gasteiger charge is -2.18. The monoisotopic (exact) mass is 261 g/mol. The van der Waals surface area contributed by atoms with Gasteiger partial charge in [-0.15, -0.1) is 0 Å². The van der Waals surface area contributed by atoms with E-state index in [1.165, 1.54) is 0 Å². The summed E-state index contributed by atoms with van der Waals surface area (Å²) >= 11 is 0. The first-order valence-corrected chi connectivity index (χ1v) is 5.85. The Morgan fingerprint density at radius 2 is 1.94 bits per heavy atom. The van der Waals surface area contributed by atoms with Crippen molar-refractivity contribution in [2.75, 3.05) is 20.3 Å². The summed E-state index contributed by atoms with van der Waals surface area (Å²) < 4.78 is 10.2. The lowest BCUT2D eigenvalue weighted by Crippen LogP contribution is -2.36. The molecule has 7 heteroatoms. The Morgan fingerprint density at radius 1 is 1.33 bits per heavy atom. The fraction of sp³-hybridized carbons (Fsp3) is 0.818. The SMILES string of the molecule is COC(C)CCOCC(O)ON1C(=O)CCC1=O. The first-order chi connectivity index (χ1) is 8.54. The predicted molar refractivity (Wildman–Crippen MR) is 60.1 cm³/mol. The summed E-state index contributed by atoms with van der Waals surface area (Å²) in [5.41, 5.74) is 0. The Bertz CT molecular complexity index is 279. The average molecular weight is 261 g/mol. The molecule has 0 aromatic carbocycles. The van der Waals surface area contributed by atoms with Crippen molar-refractivity contribution in [3.8, 4) is 0 Å². The molecular formula is C11H19NO6. The van der Waals surface area contributed by atoms with Gasteiger partial charge in [0.2, 0.25) is 6.29 Å². The zero-order valence-corrected chi connectivity index (χ0v) is 10.6. The van der Waals surface area contributed by atoms with E-state index in [2.05, 4.69) is 0 Å². The molecule has 0 aromatic heterocycles. The minimum Gasteiger partial charge on any atom is -0.382 e. The van der Waals surface area contributed by atoms with Crippen LogP contribution in [0.1, 0.15) is 26.2 Å². The van der Waals surface area contributed by atoms with E-state index in [1.807, 2.05) is 6.92 Å². The Kier molecular flexibility index (Phi) is 6.20. The number of amides is 2. The van der Waals surface area contributed by atoms with Crippen LogP contribution in [-0.4, -0.2) is 54.7 Å². The van der Waals surface area contributed by atoms with Crippen LogP contribution in [0.25, 0.3) is 0 Å². The maximum absolute atomic E-state index is 11.2. The van der Waals surface area contributed by atoms with Crippen LogP contribution < -0.4 is 0 Å². The lowest BCUT2D eigenvalue weighted by molar-refractivity contribution is -0.255. The number of imide groups is 1. The van der Waals surface area contributed by atoms with Crippen molar-refractivity contribution in [2.24, 2.45) is 0 Å². The van der Waals surface area contributed by atoms with Crippen LogP contribution in [0.3, 0.4) is 0 Å². The van der Waals surface area contributed by atoms with Gasteiger partial charge >= 0.3 is 0 Å². The van der Waals surface area contributed by atoms with E-state index in [0.29, 0.717) is 18.1 Å². The molecule has 0 bridgehead atoms. The highest BCUT2D eigenvalue weighted by Crippen LogP contribution is 2.13. The molecule has 7 nitrogen and oxygen atoms in total. The number of rotatable bonds is 8. The molecule has 104 valence electrons. The lowest BCUT2D eigenvalue weighted by atomic mass is 10.3. The van der Waals surface area contributed by atoms with Crippen LogP contribution in [0.15, 0.2) is 0 Å². The average Bonchev–Trinajstić information content (AvgIpc) is 2.66. The highest BCUT2D eigenvalue weighted by atomic mass is 16.8. The third-order valence-corrected chi connectivity index (χ3v) is 2.56. The molecule has 2 atom stereocenters. The van der Waals surface area contributed by atoms with Gasteiger partial charge in [-0.3, -0.25) is 9.59 Å². The molecule has 0 radical (unpaired) electrons. The number of carbonyl (C=O) groups excluding carboxylic acids is 2. The topological polar surface area (TPSA) is 85.3 Å². The molecule has 18 heavy (non-hydrogen) atoms. The van der Waals surface area contributed by atoms with Crippen LogP contribution in [0.2, 0.25) is 0 Å². The van der Waals surface area contributed by atoms with Gasteiger partial charge in [-0.25, -0.2) is 4.84 Å². The van der Waals surface area contributed by atoms with E-state index < -0.39 is 18.1 Å². The second kappa shape index (κ2) is 7.42. The summed E-state index contributed by atoms with van der Waals surface area (Å²) in [6.45, 7) is 2.20. The predicted octanol–water partition coefficient (Wildman–Crippen LogP) is -0.173. The highest BCUT2D eigenvalue weighted by molar-refractivity contribution is 6.00. The third kappa shape index (κ3) is 4.69. The zero-order chi connectivity index (χ0) is 13.5. The fourth-order valence-corrected chi connectivity index (χ4v) is 1.38. The largest absolute Gasteiger partial charge is 0.382 e. The molecule has 0 aliphatic carbocycles. The van der Waals surface area contributed by atoms with Gasteiger partial charge in [-0.1, -0.05) is 0 Å². The fourth-order valence-electron chi connectivity index (χ4n) is 1.38. The summed E-state index contributed by atoms with van der Waals surface area (Å²) in [7, 11) is 1.60. The molecule has 1 aliphatic heterocycles. The maximum atomic E-state index is 11.2. The Labute approximate surface area is 106 Å². The molecule has 0 spiro atoms. The minimum absolute atomic E-state index is 0.0739. The van der Waals surface area contributed by atoms with Crippen molar-refractivity contribution in [1.29, 1.82) is 0 Å². The van der Waals surface area contributed by atoms with Crippen LogP contribution in [-0.2, 0) is 23.9 Å². The Morgan fingerprint density at radius 3 is 2.50 bits per heavy atom. The third-order valence-electron chi connectivity index (χ3n) is 2.56. The van der Waals surface area contributed by atoms with Crippen molar-refractivity contribution < 1.29 is 29.0 Å². The maximum Gasteiger partial charge on any atom is 0.254 e. The molecule has 1 heterocycles. The van der Waals surface area contributed by atoms with Crippen LogP contribution in [0, 0.1) is 0 Å². The van der Waals surface area contributed by atoms with Crippen molar-refractivity contribution in [3.05, 3.63) is 0 Å². The number of hydroxylamine groups is 2. The van der Waals surface area contributed by atoms with Gasteiger partial charge in [0.05, 0.1) is 12.7 Å². The number of hydrogen-bond donors (Lipinski definition) is 1. The van der Waals surface area contributed by atoms with E-state index in [1.54, 1.807) is 7.11 Å². The number of carbonyl (C=O) groups is 2. The first kappa shape index (κ1) is 15.0. The number of methoxy groups -OCH3 is 1. The van der Waals surface area contributed by atoms with E-state index >= 15 is 0 Å². The van der Waals surface area contributed by atoms with Crippen molar-refractivity contribution >= 4 is 11.8 Å². The summed E-state index contributed by atoms with van der Waals surface area (Å²) in [6.07, 6.45) is -0.320. The first-order valence-electron chi connectivity index (χ1n) is 5.85. The highest BCUT2D eigenvalue weighted by Gasteiger charge is 2.32. The van der Waals surface area contributed by atoms with Gasteiger partial charge < -0.3 is 14.6 Å². The van der Waals surface area contributed by atoms with Gasteiger partial charge in [0, 0.05) is 26.6 Å². The molecular weight excluding hydrogens is 242 g/mol. The smallest absolute Gasteiger partial charge is 0.254 e. The summed E-state index contributed by atoms with van der Waals surface area (Å²) in [5, 5.41) is 10.0. The summed E-state index contributed by atoms with van der Waals surface area (Å²) in [6, 6.07) is 0. The van der Waals surface area contributed by atoms with Crippen molar-refractivity contribution in [2.45, 2.75) is 38.6 Å². The molecule has 0 aromatic rings. The number of nitrogens with zero attached hydrogens (tertiary/aromatic N) is 1. The number of ether oxygens (including phenoxy) is 2. The summed E-state index contributed by atoms with van der Waals surface area (Å²) in [4.78, 5) is 27.2. The second-order valence-electron chi connectivity index (χ2n) is 4.05. The zero-order valence-electron chi connectivity index (χ0n) is 10.6. The molecule has 1 rings (SSSR count). The van der Waals surface area contributed by atoms with Gasteiger partial charge in [0.15, 0.2) is 0 Å². The molecule has 2 amide bonds. The number of hydrogen-bond acceptors (Lipinski definition) is 6. The van der Waals surface area contributed by atoms with E-state index in [4.69, 9.17) is 14.3 Å². The van der Waals surface area contributed by atoms with E-state index in [9.17, 15) is 14.7 Å². The number of aliphatic hydroxyl groups excluding tert-OH is 1. The minimum atomic E-state index is -1.33. The van der Waals surface area contributed by atoms with Gasteiger partial charge in [-0.2, -0.15) is 5.06 Å².